The Labute approximate surface area is 97.0 Å². The number of rotatable bonds is 5. The number of nitrogens with one attached hydrogen (secondary N) is 1. The van der Waals surface area contributed by atoms with E-state index < -0.39 is 0 Å². The van der Waals surface area contributed by atoms with Crippen LogP contribution in [0.3, 0.4) is 0 Å². The molecule has 2 unspecified atom stereocenters. The Bertz CT molecular complexity index is 302. The molecule has 1 fully saturated rings. The van der Waals surface area contributed by atoms with E-state index in [9.17, 15) is 0 Å². The van der Waals surface area contributed by atoms with Crippen LogP contribution in [0.1, 0.15) is 19.3 Å². The molecule has 88 valence electrons. The van der Waals surface area contributed by atoms with Crippen LogP contribution in [0.4, 0.5) is 0 Å². The van der Waals surface area contributed by atoms with Gasteiger partial charge in [-0.25, -0.2) is 0 Å². The second-order valence-electron chi connectivity index (χ2n) is 4.39. The summed E-state index contributed by atoms with van der Waals surface area (Å²) >= 11 is 0. The molecule has 0 aromatic heterocycles. The highest BCUT2D eigenvalue weighted by Crippen LogP contribution is 2.16. The van der Waals surface area contributed by atoms with Gasteiger partial charge in [-0.15, -0.1) is 0 Å². The number of hydrogen-bond acceptors (Lipinski definition) is 3. The third-order valence-corrected chi connectivity index (χ3v) is 3.02. The highest BCUT2D eigenvalue weighted by Gasteiger charge is 2.20. The summed E-state index contributed by atoms with van der Waals surface area (Å²) in [4.78, 5) is 0. The van der Waals surface area contributed by atoms with Crippen molar-refractivity contribution in [1.82, 2.24) is 5.32 Å². The van der Waals surface area contributed by atoms with E-state index in [1.807, 2.05) is 30.3 Å². The Morgan fingerprint density at radius 3 is 2.75 bits per heavy atom. The summed E-state index contributed by atoms with van der Waals surface area (Å²) in [6.45, 7) is 1.61. The Kier molecular flexibility index (Phi) is 4.19. The van der Waals surface area contributed by atoms with Crippen molar-refractivity contribution in [2.75, 3.05) is 13.2 Å². The van der Waals surface area contributed by atoms with Crippen LogP contribution in [0.5, 0.6) is 5.75 Å². The van der Waals surface area contributed by atoms with E-state index in [0.29, 0.717) is 12.1 Å². The fourth-order valence-corrected chi connectivity index (χ4v) is 2.15. The van der Waals surface area contributed by atoms with Crippen molar-refractivity contribution in [1.29, 1.82) is 0 Å². The van der Waals surface area contributed by atoms with Gasteiger partial charge in [-0.3, -0.25) is 0 Å². The first-order valence-corrected chi connectivity index (χ1v) is 6.01. The summed E-state index contributed by atoms with van der Waals surface area (Å²) in [6.07, 6.45) is 3.45. The summed E-state index contributed by atoms with van der Waals surface area (Å²) < 4.78 is 5.60. The van der Waals surface area contributed by atoms with E-state index in [1.54, 1.807) is 0 Å². The zero-order chi connectivity index (χ0) is 11.2. The van der Waals surface area contributed by atoms with Crippen LogP contribution in [0.2, 0.25) is 0 Å². The molecular formula is C13H20N2O. The highest BCUT2D eigenvalue weighted by molar-refractivity contribution is 5.20. The minimum atomic E-state index is 0.396. The molecule has 0 bridgehead atoms. The SMILES string of the molecule is NC1CCC(NCCOc2ccccc2)C1. The van der Waals surface area contributed by atoms with Crippen molar-refractivity contribution < 1.29 is 4.74 Å². The van der Waals surface area contributed by atoms with Crippen LogP contribution in [0, 0.1) is 0 Å². The molecule has 0 aliphatic heterocycles. The topological polar surface area (TPSA) is 47.3 Å². The molecule has 0 radical (unpaired) electrons. The molecule has 0 amide bonds. The Hall–Kier alpha value is -1.06. The fraction of sp³-hybridized carbons (Fsp3) is 0.538. The summed E-state index contributed by atoms with van der Waals surface area (Å²) in [5.41, 5.74) is 5.85. The lowest BCUT2D eigenvalue weighted by Crippen LogP contribution is -2.31. The summed E-state index contributed by atoms with van der Waals surface area (Å²) in [5.74, 6) is 0.937. The molecule has 1 aromatic rings. The maximum absolute atomic E-state index is 5.85. The first kappa shape index (κ1) is 11.4. The van der Waals surface area contributed by atoms with Crippen molar-refractivity contribution in [3.8, 4) is 5.75 Å². The second kappa shape index (κ2) is 5.87. The summed E-state index contributed by atoms with van der Waals surface area (Å²) in [6, 6.07) is 10.9. The fourth-order valence-electron chi connectivity index (χ4n) is 2.15. The minimum Gasteiger partial charge on any atom is -0.492 e. The summed E-state index contributed by atoms with van der Waals surface area (Å²) in [7, 11) is 0. The maximum atomic E-state index is 5.85. The molecule has 3 N–H and O–H groups in total. The average Bonchev–Trinajstić information content (AvgIpc) is 2.72. The zero-order valence-electron chi connectivity index (χ0n) is 9.56. The molecular weight excluding hydrogens is 200 g/mol. The Morgan fingerprint density at radius 1 is 1.25 bits per heavy atom. The van der Waals surface area contributed by atoms with Gasteiger partial charge in [-0.2, -0.15) is 0 Å². The predicted octanol–water partition coefficient (Wildman–Crippen LogP) is 1.53. The molecule has 1 aliphatic rings. The molecule has 1 aromatic carbocycles. The van der Waals surface area contributed by atoms with Gasteiger partial charge in [0.1, 0.15) is 12.4 Å². The van der Waals surface area contributed by atoms with E-state index in [0.717, 1.165) is 31.7 Å². The Morgan fingerprint density at radius 2 is 2.06 bits per heavy atom. The largest absolute Gasteiger partial charge is 0.492 e. The number of benzene rings is 1. The lowest BCUT2D eigenvalue weighted by atomic mass is 10.2. The van der Waals surface area contributed by atoms with Gasteiger partial charge in [0, 0.05) is 18.6 Å². The van der Waals surface area contributed by atoms with E-state index in [-0.39, 0.29) is 0 Å². The first-order valence-electron chi connectivity index (χ1n) is 6.01. The third kappa shape index (κ3) is 3.51. The molecule has 2 rings (SSSR count). The molecule has 0 heterocycles. The van der Waals surface area contributed by atoms with E-state index in [4.69, 9.17) is 10.5 Å². The molecule has 0 spiro atoms. The van der Waals surface area contributed by atoms with Gasteiger partial charge in [-0.05, 0) is 31.4 Å². The minimum absolute atomic E-state index is 0.396. The van der Waals surface area contributed by atoms with Crippen molar-refractivity contribution >= 4 is 0 Å². The number of nitrogens with two attached hydrogens (primary N) is 1. The first-order chi connectivity index (χ1) is 7.84. The van der Waals surface area contributed by atoms with Gasteiger partial charge >= 0.3 is 0 Å². The summed E-state index contributed by atoms with van der Waals surface area (Å²) in [5, 5.41) is 3.48. The smallest absolute Gasteiger partial charge is 0.119 e. The van der Waals surface area contributed by atoms with E-state index in [1.165, 1.54) is 6.42 Å². The lowest BCUT2D eigenvalue weighted by Gasteiger charge is -2.12. The molecule has 1 aliphatic carbocycles. The molecule has 1 saturated carbocycles. The Balaban J connectivity index is 1.59. The van der Waals surface area contributed by atoms with Crippen LogP contribution in [-0.4, -0.2) is 25.2 Å². The van der Waals surface area contributed by atoms with Gasteiger partial charge < -0.3 is 15.8 Å². The van der Waals surface area contributed by atoms with E-state index >= 15 is 0 Å². The van der Waals surface area contributed by atoms with Crippen LogP contribution < -0.4 is 15.8 Å². The number of hydrogen-bond donors (Lipinski definition) is 2. The molecule has 3 heteroatoms. The molecule has 2 atom stereocenters. The van der Waals surface area contributed by atoms with Crippen molar-refractivity contribution in [2.24, 2.45) is 5.73 Å². The predicted molar refractivity (Wildman–Crippen MR) is 65.6 cm³/mol. The standard InChI is InChI=1S/C13H20N2O/c14-11-6-7-12(10-11)15-8-9-16-13-4-2-1-3-5-13/h1-5,11-12,15H,6-10,14H2. The third-order valence-electron chi connectivity index (χ3n) is 3.02. The second-order valence-corrected chi connectivity index (χ2v) is 4.39. The zero-order valence-corrected chi connectivity index (χ0v) is 9.56. The molecule has 16 heavy (non-hydrogen) atoms. The maximum Gasteiger partial charge on any atom is 0.119 e. The quantitative estimate of drug-likeness (QED) is 0.740. The van der Waals surface area contributed by atoms with Gasteiger partial charge in [0.2, 0.25) is 0 Å². The number of para-hydroxylation sites is 1. The van der Waals surface area contributed by atoms with Crippen molar-refractivity contribution in [2.45, 2.75) is 31.3 Å². The van der Waals surface area contributed by atoms with Gasteiger partial charge in [0.05, 0.1) is 0 Å². The van der Waals surface area contributed by atoms with Gasteiger partial charge in [-0.1, -0.05) is 18.2 Å². The van der Waals surface area contributed by atoms with Crippen LogP contribution in [0.15, 0.2) is 30.3 Å². The monoisotopic (exact) mass is 220 g/mol. The van der Waals surface area contributed by atoms with E-state index in [2.05, 4.69) is 5.32 Å². The number of ether oxygens (including phenoxy) is 1. The van der Waals surface area contributed by atoms with Crippen LogP contribution in [-0.2, 0) is 0 Å². The molecule has 3 nitrogen and oxygen atoms in total. The van der Waals surface area contributed by atoms with Gasteiger partial charge in [0.25, 0.3) is 0 Å². The highest BCUT2D eigenvalue weighted by atomic mass is 16.5. The van der Waals surface area contributed by atoms with Crippen molar-refractivity contribution in [3.63, 3.8) is 0 Å². The van der Waals surface area contributed by atoms with Gasteiger partial charge in [0.15, 0.2) is 0 Å². The normalized spacial score (nSPS) is 24.6. The van der Waals surface area contributed by atoms with Crippen molar-refractivity contribution in [3.05, 3.63) is 30.3 Å². The van der Waals surface area contributed by atoms with Crippen LogP contribution in [0.25, 0.3) is 0 Å². The molecule has 0 saturated heterocycles. The average molecular weight is 220 g/mol. The van der Waals surface area contributed by atoms with Crippen LogP contribution >= 0.6 is 0 Å². The lowest BCUT2D eigenvalue weighted by molar-refractivity contribution is 0.305.